The molecule has 0 saturated heterocycles. The van der Waals surface area contributed by atoms with Crippen LogP contribution in [0.15, 0.2) is 279 Å². The van der Waals surface area contributed by atoms with E-state index in [1.807, 2.05) is 91.2 Å². The van der Waals surface area contributed by atoms with Crippen LogP contribution in [0.2, 0.25) is 0 Å². The van der Waals surface area contributed by atoms with E-state index < -0.39 is 206 Å². The van der Waals surface area contributed by atoms with E-state index in [1.165, 1.54) is 0 Å². The average Bonchev–Trinajstić information content (AvgIpc) is 1.00. The van der Waals surface area contributed by atoms with Gasteiger partial charge in [0.2, 0.25) is 0 Å². The number of hydrogen-bond donors (Lipinski definition) is 0. The fraction of sp³-hybridized carbons (Fsp3) is 0.243. The molecule has 0 bridgehead atoms. The normalized spacial score (nSPS) is 16.0. The van der Waals surface area contributed by atoms with Crippen molar-refractivity contribution in [1.29, 1.82) is 0 Å². The van der Waals surface area contributed by atoms with Gasteiger partial charge in [0, 0.05) is 77.9 Å². The van der Waals surface area contributed by atoms with Crippen LogP contribution in [0.25, 0.3) is 111 Å². The molecular formula is C111H109BN4. The van der Waals surface area contributed by atoms with Crippen LogP contribution in [0.4, 0.5) is 34.1 Å². The molecule has 4 heterocycles. The summed E-state index contributed by atoms with van der Waals surface area (Å²) >= 11 is 0. The maximum atomic E-state index is 12.2. The minimum absolute atomic E-state index is 0.161. The summed E-state index contributed by atoms with van der Waals surface area (Å²) < 4.78 is 228. The highest BCUT2D eigenvalue weighted by Gasteiger charge is 2.47. The molecule has 0 unspecified atom stereocenters. The topological polar surface area (TPSA) is 16.3 Å². The Morgan fingerprint density at radius 2 is 0.569 bits per heavy atom. The second-order valence-electron chi connectivity index (χ2n) is 38.0. The summed E-state index contributed by atoms with van der Waals surface area (Å²) in [5.41, 5.74) is 9.60. The third-order valence-corrected chi connectivity index (χ3v) is 23.6. The molecule has 5 heteroatoms. The molecule has 116 heavy (non-hydrogen) atoms. The van der Waals surface area contributed by atoms with Gasteiger partial charge in [-0.3, -0.25) is 0 Å². The van der Waals surface area contributed by atoms with E-state index in [9.17, 15) is 30.2 Å². The third kappa shape index (κ3) is 12.8. The monoisotopic (exact) mass is 1530 g/mol. The number of para-hydroxylation sites is 4. The van der Waals surface area contributed by atoms with Gasteiger partial charge in [-0.05, 0) is 232 Å². The van der Waals surface area contributed by atoms with Crippen molar-refractivity contribution < 1.29 is 30.2 Å². The quantitative estimate of drug-likeness (QED) is 0.134. The van der Waals surface area contributed by atoms with Crippen molar-refractivity contribution in [3.63, 3.8) is 0 Å². The summed E-state index contributed by atoms with van der Waals surface area (Å²) in [5.74, 6) is 0. The van der Waals surface area contributed by atoms with E-state index in [0.717, 1.165) is 64.8 Å². The number of anilines is 6. The second-order valence-corrected chi connectivity index (χ2v) is 38.0. The van der Waals surface area contributed by atoms with E-state index in [4.69, 9.17) is 0 Å². The Hall–Kier alpha value is -11.7. The predicted molar refractivity (Wildman–Crippen MR) is 503 cm³/mol. The lowest BCUT2D eigenvalue weighted by molar-refractivity contribution is 0.589. The lowest BCUT2D eigenvalue weighted by Crippen LogP contribution is -2.61. The molecule has 0 saturated carbocycles. The zero-order chi connectivity index (χ0) is 100. The summed E-state index contributed by atoms with van der Waals surface area (Å²) in [4.78, 5) is 3.93. The summed E-state index contributed by atoms with van der Waals surface area (Å²) in [6.45, 7) is 42.7. The van der Waals surface area contributed by atoms with Crippen molar-refractivity contribution in [1.82, 2.24) is 9.13 Å². The van der Waals surface area contributed by atoms with Crippen molar-refractivity contribution in [2.45, 2.75) is 178 Å². The lowest BCUT2D eigenvalue weighted by Gasteiger charge is -2.46. The Morgan fingerprint density at radius 1 is 0.284 bits per heavy atom. The average molecular weight is 1530 g/mol. The highest BCUT2D eigenvalue weighted by molar-refractivity contribution is 7.00. The highest BCUT2D eigenvalue weighted by Crippen LogP contribution is 2.57. The summed E-state index contributed by atoms with van der Waals surface area (Å²) in [7, 11) is 0. The molecule has 14 aromatic carbocycles. The summed E-state index contributed by atoms with van der Waals surface area (Å²) in [6.07, 6.45) is 0. The largest absolute Gasteiger partial charge is 0.310 e. The Balaban J connectivity index is 1.19. The van der Waals surface area contributed by atoms with Crippen LogP contribution in [0.1, 0.15) is 205 Å². The molecule has 576 valence electrons. The van der Waals surface area contributed by atoms with Crippen molar-refractivity contribution in [3.8, 4) is 67.0 Å². The van der Waals surface area contributed by atoms with Crippen molar-refractivity contribution in [2.75, 3.05) is 9.80 Å². The zero-order valence-corrected chi connectivity index (χ0v) is 70.2. The number of nitrogens with zero attached hydrogens (tertiary/aromatic N) is 4. The fourth-order valence-electron chi connectivity index (χ4n) is 17.4. The molecule has 0 amide bonds. The van der Waals surface area contributed by atoms with Gasteiger partial charge in [0.05, 0.1) is 63.6 Å². The first-order valence-corrected chi connectivity index (χ1v) is 40.2. The minimum atomic E-state index is -1.71. The molecule has 0 N–H and O–H groups in total. The maximum absolute atomic E-state index is 12.2. The molecule has 0 radical (unpaired) electrons. The predicted octanol–water partition coefficient (Wildman–Crippen LogP) is 29.0. The van der Waals surface area contributed by atoms with Gasteiger partial charge in [0.15, 0.2) is 0 Å². The third-order valence-electron chi connectivity index (χ3n) is 23.6. The van der Waals surface area contributed by atoms with E-state index in [-0.39, 0.29) is 55.2 Å². The van der Waals surface area contributed by atoms with Gasteiger partial charge in [-0.15, -0.1) is 0 Å². The first kappa shape index (κ1) is 54.2. The molecule has 16 aromatic rings. The summed E-state index contributed by atoms with van der Waals surface area (Å²) in [5, 5.41) is -1.42. The van der Waals surface area contributed by atoms with E-state index in [0.29, 0.717) is 66.9 Å². The van der Waals surface area contributed by atoms with Crippen LogP contribution in [0.5, 0.6) is 0 Å². The molecule has 2 aromatic heterocycles. The number of rotatable bonds is 9. The number of aromatic nitrogens is 2. The first-order valence-electron chi connectivity index (χ1n) is 51.2. The SMILES string of the molecule is [2H]c1c([2H])c(-n2c3c([2H])c([2H])c([2H])c([2H])c3c3c([2H])c([2H])c([2H])c([2H])c32)c([2H])c2c1B1c3c(cc(-c4c(C)cc(C)cc4C)cc3N(c3c(-c4cccc(C(C)(C)C)c4)cc(C(C)(C)C)cc3-c3cccc(C(C)(C)C)c3)c3c([2H])c(-n4c5c([2H])c([2H])c([2H])c([2H])c5c5c([2H])c([2H])c([2H])c([2H])c54)c([2H])c([2H])c31)N2c1c(-c2cccc(C(C)(C)C)c2)cc(C(C)(C)C)cc1-c1cccc(C(C)(C)C)c1. The standard InChI is InChI=1S/C111H109BN4/c1-68-54-69(2)102(70(3)55-68)75-60-100-103-101(61-75)116(105-90(73-36-32-40-78(58-73)108(10,11)12)64-81(111(19,20)21)65-91(105)74-37-33-41-79(59-74)109(13,14)15)99-67-83(114-96-48-28-24-44-86(96)87-45-25-29-49-97(87)114)51-53-93(99)112(103)92-52-50-82(113-94-46-26-22-42-84(94)85-43-23-27-47-95(85)113)66-98(92)115(100)104-88(71-34-30-38-76(56-71)106(4,5)6)62-80(110(16,17)18)63-89(104)72-35-31-39-77(57-72)107(7,8)9/h22-67H,1-21H3/i22D,23D,24D,25D,26D,27D,28D,29D,42D,43D,44D,45D,46D,47D,48D,49D,50D,51D,52D,53D,66D,67D. The van der Waals surface area contributed by atoms with Crippen LogP contribution < -0.4 is 26.2 Å². The Kier molecular flexibility index (Phi) is 12.7. The van der Waals surface area contributed by atoms with Gasteiger partial charge in [0.25, 0.3) is 6.71 Å². The molecule has 4 nitrogen and oxygen atoms in total. The molecule has 0 aliphatic carbocycles. The second kappa shape index (κ2) is 27.2. The van der Waals surface area contributed by atoms with Crippen molar-refractivity contribution >= 4 is 101 Å². The van der Waals surface area contributed by atoms with Crippen LogP contribution in [-0.2, 0) is 32.5 Å². The van der Waals surface area contributed by atoms with Crippen LogP contribution >= 0.6 is 0 Å². The highest BCUT2D eigenvalue weighted by atomic mass is 15.2. The van der Waals surface area contributed by atoms with Crippen molar-refractivity contribution in [2.24, 2.45) is 0 Å². The summed E-state index contributed by atoms with van der Waals surface area (Å²) in [6, 6.07) is 34.1. The fourth-order valence-corrected chi connectivity index (χ4v) is 17.4. The molecule has 0 atom stereocenters. The smallest absolute Gasteiger partial charge is 0.252 e. The van der Waals surface area contributed by atoms with Gasteiger partial charge in [0.1, 0.15) is 0 Å². The molecule has 2 aliphatic heterocycles. The number of aryl methyl sites for hydroxylation is 3. The van der Waals surface area contributed by atoms with Crippen molar-refractivity contribution in [3.05, 3.63) is 329 Å². The molecule has 2 aliphatic rings. The molecule has 0 spiro atoms. The lowest BCUT2D eigenvalue weighted by atomic mass is 9.33. The number of hydrogen-bond acceptors (Lipinski definition) is 2. The zero-order valence-electron chi connectivity index (χ0n) is 92.2. The van der Waals surface area contributed by atoms with E-state index >= 15 is 0 Å². The first-order chi connectivity index (χ1) is 64.2. The van der Waals surface area contributed by atoms with Gasteiger partial charge in [-0.25, -0.2) is 0 Å². The molecule has 0 fully saturated rings. The Labute approximate surface area is 720 Å². The number of fused-ring (bicyclic) bond motifs is 10. The van der Waals surface area contributed by atoms with Crippen LogP contribution in [0.3, 0.4) is 0 Å². The van der Waals surface area contributed by atoms with Gasteiger partial charge in [-0.2, -0.15) is 0 Å². The number of benzene rings is 14. The van der Waals surface area contributed by atoms with Crippen LogP contribution in [0, 0.1) is 20.8 Å². The molecular weight excluding hydrogens is 1400 g/mol. The van der Waals surface area contributed by atoms with E-state index in [2.05, 4.69) is 210 Å². The van der Waals surface area contributed by atoms with Crippen LogP contribution in [-0.4, -0.2) is 15.8 Å². The van der Waals surface area contributed by atoms with Gasteiger partial charge >= 0.3 is 0 Å². The van der Waals surface area contributed by atoms with Gasteiger partial charge < -0.3 is 18.9 Å². The van der Waals surface area contributed by atoms with E-state index in [1.54, 1.807) is 0 Å². The Morgan fingerprint density at radius 3 is 0.853 bits per heavy atom. The minimum Gasteiger partial charge on any atom is -0.310 e. The Bertz CT molecular complexity index is 7320. The molecule has 18 rings (SSSR count). The van der Waals surface area contributed by atoms with Gasteiger partial charge in [-0.1, -0.05) is 324 Å². The maximum Gasteiger partial charge on any atom is 0.252 e.